The summed E-state index contributed by atoms with van der Waals surface area (Å²) in [5.74, 6) is 0.670. The average molecular weight is 530 g/mol. The van der Waals surface area contributed by atoms with E-state index in [1.165, 1.54) is 0 Å². The Bertz CT molecular complexity index is 870. The summed E-state index contributed by atoms with van der Waals surface area (Å²) in [4.78, 5) is 20.9. The minimum absolute atomic E-state index is 0. The maximum absolute atomic E-state index is 12.0. The Balaban J connectivity index is 0.00000450. The topological polar surface area (TPSA) is 92.0 Å². The van der Waals surface area contributed by atoms with Crippen LogP contribution in [-0.4, -0.2) is 52.7 Å². The largest absolute Gasteiger partial charge is 0.444 e. The Morgan fingerprint density at radius 3 is 2.53 bits per heavy atom. The first-order chi connectivity index (χ1) is 13.5. The minimum atomic E-state index is -0.526. The number of imidazole rings is 1. The number of halogens is 1. The second-order valence-corrected chi connectivity index (χ2v) is 8.77. The van der Waals surface area contributed by atoms with Crippen LogP contribution in [0.25, 0.3) is 5.65 Å². The number of carbonyl (C=O) groups excluding carboxylic acids is 1. The summed E-state index contributed by atoms with van der Waals surface area (Å²) >= 11 is 0. The van der Waals surface area contributed by atoms with Gasteiger partial charge in [0, 0.05) is 39.0 Å². The summed E-state index contributed by atoms with van der Waals surface area (Å²) in [6, 6.07) is 4.08. The normalized spacial score (nSPS) is 12.3. The van der Waals surface area contributed by atoms with Crippen molar-refractivity contribution in [1.29, 1.82) is 0 Å². The van der Waals surface area contributed by atoms with Crippen molar-refractivity contribution in [3.8, 4) is 0 Å². The third kappa shape index (κ3) is 8.37. The van der Waals surface area contributed by atoms with Crippen LogP contribution in [0.15, 0.2) is 29.5 Å². The number of hydrogen-bond donors (Lipinski definition) is 3. The second-order valence-electron chi connectivity index (χ2n) is 8.77. The smallest absolute Gasteiger partial charge is 0.408 e. The van der Waals surface area contributed by atoms with Gasteiger partial charge in [-0.1, -0.05) is 6.07 Å². The van der Waals surface area contributed by atoms with Crippen LogP contribution < -0.4 is 16.0 Å². The number of carbonyl (C=O) groups is 1. The first kappa shape index (κ1) is 26.0. The van der Waals surface area contributed by atoms with Gasteiger partial charge in [0.1, 0.15) is 11.2 Å². The van der Waals surface area contributed by atoms with E-state index in [1.54, 1.807) is 7.05 Å². The van der Waals surface area contributed by atoms with Crippen LogP contribution in [0.5, 0.6) is 0 Å². The molecule has 0 aliphatic rings. The molecule has 0 saturated carbocycles. The third-order valence-corrected chi connectivity index (χ3v) is 4.16. The van der Waals surface area contributed by atoms with Crippen LogP contribution >= 0.6 is 24.0 Å². The molecule has 0 saturated heterocycles. The van der Waals surface area contributed by atoms with Gasteiger partial charge in [-0.3, -0.25) is 4.99 Å². The number of rotatable bonds is 6. The highest BCUT2D eigenvalue weighted by molar-refractivity contribution is 14.0. The lowest BCUT2D eigenvalue weighted by molar-refractivity contribution is 0.0474. The molecular formula is C21H35IN6O2. The number of fused-ring (bicyclic) bond motifs is 1. The number of aryl methyl sites for hydroxylation is 1. The lowest BCUT2D eigenvalue weighted by Crippen LogP contribution is -2.54. The lowest BCUT2D eigenvalue weighted by atomic mass is 10.1. The van der Waals surface area contributed by atoms with Crippen molar-refractivity contribution in [1.82, 2.24) is 25.3 Å². The van der Waals surface area contributed by atoms with Gasteiger partial charge in [-0.25, -0.2) is 9.78 Å². The van der Waals surface area contributed by atoms with Crippen molar-refractivity contribution in [2.75, 3.05) is 20.1 Å². The number of amides is 1. The number of nitrogens with zero attached hydrogens (tertiary/aromatic N) is 3. The maximum atomic E-state index is 12.0. The number of aliphatic imine (C=N–C) groups is 1. The average Bonchev–Trinajstić information content (AvgIpc) is 3.00. The number of alkyl carbamates (subject to hydrolysis) is 1. The highest BCUT2D eigenvalue weighted by Crippen LogP contribution is 2.10. The molecular weight excluding hydrogens is 495 g/mol. The molecule has 2 rings (SSSR count). The zero-order chi connectivity index (χ0) is 21.7. The molecule has 2 aromatic rings. The van der Waals surface area contributed by atoms with E-state index in [-0.39, 0.29) is 24.0 Å². The first-order valence-electron chi connectivity index (χ1n) is 9.88. The molecule has 2 heterocycles. The summed E-state index contributed by atoms with van der Waals surface area (Å²) in [6.45, 7) is 12.6. The van der Waals surface area contributed by atoms with Gasteiger partial charge in [-0.2, -0.15) is 0 Å². The number of hydrogen-bond acceptors (Lipinski definition) is 4. The Kier molecular flexibility index (Phi) is 9.38. The minimum Gasteiger partial charge on any atom is -0.444 e. The molecule has 0 aliphatic heterocycles. The number of ether oxygens (including phenoxy) is 1. The van der Waals surface area contributed by atoms with E-state index >= 15 is 0 Å². The highest BCUT2D eigenvalue weighted by Gasteiger charge is 2.24. The Hall–Kier alpha value is -2.04. The number of aromatic nitrogens is 2. The summed E-state index contributed by atoms with van der Waals surface area (Å²) in [5.41, 5.74) is 2.14. The van der Waals surface area contributed by atoms with E-state index in [0.29, 0.717) is 19.0 Å². The Morgan fingerprint density at radius 1 is 1.23 bits per heavy atom. The third-order valence-electron chi connectivity index (χ3n) is 4.16. The fraction of sp³-hybridized carbons (Fsp3) is 0.571. The van der Waals surface area contributed by atoms with E-state index in [2.05, 4.69) is 38.9 Å². The van der Waals surface area contributed by atoms with E-state index in [0.717, 1.165) is 23.3 Å². The van der Waals surface area contributed by atoms with Crippen molar-refractivity contribution in [2.24, 2.45) is 4.99 Å². The van der Waals surface area contributed by atoms with Gasteiger partial charge in [-0.05, 0) is 53.2 Å². The van der Waals surface area contributed by atoms with E-state index in [9.17, 15) is 4.79 Å². The second kappa shape index (κ2) is 10.8. The summed E-state index contributed by atoms with van der Waals surface area (Å²) in [7, 11) is 1.72. The molecule has 0 bridgehead atoms. The number of guanidine groups is 1. The van der Waals surface area contributed by atoms with E-state index in [4.69, 9.17) is 4.74 Å². The first-order valence-corrected chi connectivity index (χ1v) is 9.88. The molecule has 0 radical (unpaired) electrons. The number of nitrogens with one attached hydrogen (secondary N) is 3. The van der Waals surface area contributed by atoms with Gasteiger partial charge in [0.15, 0.2) is 5.96 Å². The molecule has 8 nitrogen and oxygen atoms in total. The SMILES string of the molecule is CN=C(NCCc1cn2cccc(C)c2n1)NCC(C)(C)NC(=O)OC(C)(C)C.I. The zero-order valence-corrected chi connectivity index (χ0v) is 21.3. The van der Waals surface area contributed by atoms with Gasteiger partial charge < -0.3 is 25.1 Å². The van der Waals surface area contributed by atoms with Gasteiger partial charge in [-0.15, -0.1) is 24.0 Å². The molecule has 9 heteroatoms. The van der Waals surface area contributed by atoms with Gasteiger partial charge in [0.2, 0.25) is 0 Å². The van der Waals surface area contributed by atoms with Crippen LogP contribution in [0.3, 0.4) is 0 Å². The standard InChI is InChI=1S/C21H34N6O2.HI/c1-15-9-8-12-27-13-16(25-17(15)27)10-11-23-18(22-7)24-14-21(5,6)26-19(28)29-20(2,3)4;/h8-9,12-13H,10-11,14H2,1-7H3,(H,26,28)(H2,22,23,24);1H. The quantitative estimate of drug-likeness (QED) is 0.303. The Morgan fingerprint density at radius 2 is 1.93 bits per heavy atom. The van der Waals surface area contributed by atoms with Crippen LogP contribution in [0.4, 0.5) is 4.79 Å². The van der Waals surface area contributed by atoms with Gasteiger partial charge in [0.25, 0.3) is 0 Å². The van der Waals surface area contributed by atoms with Crippen LogP contribution in [0, 0.1) is 6.92 Å². The fourth-order valence-corrected chi connectivity index (χ4v) is 2.78. The molecule has 0 aliphatic carbocycles. The molecule has 0 unspecified atom stereocenters. The van der Waals surface area contributed by atoms with Gasteiger partial charge in [0.05, 0.1) is 11.2 Å². The summed E-state index contributed by atoms with van der Waals surface area (Å²) in [5, 5.41) is 9.40. The van der Waals surface area contributed by atoms with E-state index in [1.807, 2.05) is 57.5 Å². The summed E-state index contributed by atoms with van der Waals surface area (Å²) < 4.78 is 7.37. The molecule has 0 spiro atoms. The molecule has 2 aromatic heterocycles. The molecule has 30 heavy (non-hydrogen) atoms. The summed E-state index contributed by atoms with van der Waals surface area (Å²) in [6.07, 6.45) is 4.40. The molecule has 0 fully saturated rings. The van der Waals surface area contributed by atoms with Crippen molar-refractivity contribution < 1.29 is 9.53 Å². The molecule has 1 amide bonds. The van der Waals surface area contributed by atoms with Crippen molar-refractivity contribution >= 4 is 41.7 Å². The maximum Gasteiger partial charge on any atom is 0.408 e. The molecule has 3 N–H and O–H groups in total. The lowest BCUT2D eigenvalue weighted by Gasteiger charge is -2.29. The zero-order valence-electron chi connectivity index (χ0n) is 19.0. The van der Waals surface area contributed by atoms with Crippen LogP contribution in [0.1, 0.15) is 45.9 Å². The van der Waals surface area contributed by atoms with Crippen LogP contribution in [-0.2, 0) is 11.2 Å². The van der Waals surface area contributed by atoms with E-state index < -0.39 is 17.2 Å². The Labute approximate surface area is 196 Å². The predicted molar refractivity (Wildman–Crippen MR) is 132 cm³/mol. The van der Waals surface area contributed by atoms with Crippen molar-refractivity contribution in [3.63, 3.8) is 0 Å². The predicted octanol–water partition coefficient (Wildman–Crippen LogP) is 3.27. The van der Waals surface area contributed by atoms with Gasteiger partial charge >= 0.3 is 6.09 Å². The molecule has 0 atom stereocenters. The van der Waals surface area contributed by atoms with Crippen molar-refractivity contribution in [2.45, 2.75) is 59.1 Å². The number of pyridine rings is 1. The molecule has 168 valence electrons. The fourth-order valence-electron chi connectivity index (χ4n) is 2.78. The molecule has 0 aromatic carbocycles. The van der Waals surface area contributed by atoms with Crippen LogP contribution in [0.2, 0.25) is 0 Å². The highest BCUT2D eigenvalue weighted by atomic mass is 127. The monoisotopic (exact) mass is 530 g/mol. The van der Waals surface area contributed by atoms with Crippen molar-refractivity contribution in [3.05, 3.63) is 35.8 Å².